The van der Waals surface area contributed by atoms with Crippen molar-refractivity contribution in [3.05, 3.63) is 90.0 Å². The van der Waals surface area contributed by atoms with E-state index >= 15 is 0 Å². The zero-order valence-electron chi connectivity index (χ0n) is 20.2. The van der Waals surface area contributed by atoms with Crippen LogP contribution < -0.4 is 10.1 Å². The summed E-state index contributed by atoms with van der Waals surface area (Å²) < 4.78 is 30.1. The van der Waals surface area contributed by atoms with Crippen LogP contribution in [0, 0.1) is 0 Å². The van der Waals surface area contributed by atoms with E-state index in [1.54, 1.807) is 0 Å². The first-order chi connectivity index (χ1) is 18.6. The molecule has 1 aliphatic heterocycles. The molecule has 2 amide bonds. The largest absolute Gasteiger partial charge is 0.487 e. The number of carboxylic acids is 1. The van der Waals surface area contributed by atoms with Crippen molar-refractivity contribution in [2.45, 2.75) is 23.7 Å². The Labute approximate surface area is 231 Å². The summed E-state index contributed by atoms with van der Waals surface area (Å²) in [5, 5.41) is 11.3. The van der Waals surface area contributed by atoms with Crippen molar-refractivity contribution in [1.82, 2.24) is 4.90 Å². The number of anilines is 1. The van der Waals surface area contributed by atoms with Gasteiger partial charge in [-0.05, 0) is 60.5 Å². The number of hydrogen-bond donors (Lipinski definition) is 2. The zero-order valence-corrected chi connectivity index (χ0v) is 21.8. The maximum absolute atomic E-state index is 13.3. The van der Waals surface area contributed by atoms with Crippen LogP contribution in [0.1, 0.15) is 22.3 Å². The van der Waals surface area contributed by atoms with Gasteiger partial charge in [-0.1, -0.05) is 42.1 Å². The summed E-state index contributed by atoms with van der Waals surface area (Å²) in [7, 11) is 0. The van der Waals surface area contributed by atoms with E-state index in [0.717, 1.165) is 17.3 Å². The number of rotatable bonds is 10. The lowest BCUT2D eigenvalue weighted by Gasteiger charge is -2.16. The summed E-state index contributed by atoms with van der Waals surface area (Å²) in [4.78, 5) is 43.1. The Kier molecular flexibility index (Phi) is 8.82. The molecule has 0 bridgehead atoms. The number of thioether (sulfide) groups is 1. The molecule has 1 fully saturated rings. The number of alkyl halides is 3. The number of nitrogens with zero attached hydrogens (tertiary/aromatic N) is 2. The third-order valence-corrected chi connectivity index (χ3v) is 6.82. The van der Waals surface area contributed by atoms with E-state index in [4.69, 9.17) is 16.7 Å². The summed E-state index contributed by atoms with van der Waals surface area (Å²) in [6, 6.07) is 20.7. The molecule has 1 heterocycles. The predicted molar refractivity (Wildman–Crippen MR) is 145 cm³/mol. The van der Waals surface area contributed by atoms with Crippen LogP contribution in [0.25, 0.3) is 0 Å². The number of aliphatic imine (C=N–C) groups is 1. The van der Waals surface area contributed by atoms with Crippen molar-refractivity contribution >= 4 is 57.7 Å². The Morgan fingerprint density at radius 3 is 2.33 bits per heavy atom. The standard InChI is InChI=1S/C27H22ClF2N3O5S/c28-27(29,30)38-21-12-10-20(11-13-21)32-26-33(15-14-17-4-2-1-3-5-17)24(35)22(39-26)16-23(34)31-19-8-6-18(7-9-19)25(36)37/h1-13,22H,14-16H2,(H,31,34)(H,36,37)/t22-/m1/s1. The molecule has 0 aliphatic carbocycles. The number of aromatic carboxylic acids is 1. The topological polar surface area (TPSA) is 108 Å². The van der Waals surface area contributed by atoms with Crippen LogP contribution in [0.4, 0.5) is 20.2 Å². The highest BCUT2D eigenvalue weighted by atomic mass is 35.5. The van der Waals surface area contributed by atoms with Crippen molar-refractivity contribution in [2.24, 2.45) is 4.99 Å². The first-order valence-electron chi connectivity index (χ1n) is 11.7. The number of carbonyl (C=O) groups is 3. The lowest BCUT2D eigenvalue weighted by Crippen LogP contribution is -2.35. The molecule has 39 heavy (non-hydrogen) atoms. The lowest BCUT2D eigenvalue weighted by atomic mass is 10.1. The van der Waals surface area contributed by atoms with Gasteiger partial charge in [-0.2, -0.15) is 0 Å². The normalized spacial score (nSPS) is 16.4. The molecule has 0 spiro atoms. The van der Waals surface area contributed by atoms with Gasteiger partial charge in [-0.3, -0.25) is 14.5 Å². The molecule has 0 radical (unpaired) electrons. The fourth-order valence-electron chi connectivity index (χ4n) is 3.73. The van der Waals surface area contributed by atoms with Crippen LogP contribution in [0.3, 0.4) is 0 Å². The van der Waals surface area contributed by atoms with Gasteiger partial charge in [0.2, 0.25) is 11.8 Å². The summed E-state index contributed by atoms with van der Waals surface area (Å²) >= 11 is 5.94. The van der Waals surface area contributed by atoms with Crippen LogP contribution in [0.2, 0.25) is 0 Å². The molecule has 1 atom stereocenters. The van der Waals surface area contributed by atoms with Crippen molar-refractivity contribution in [3.8, 4) is 5.75 Å². The van der Waals surface area contributed by atoms with Crippen LogP contribution in [-0.4, -0.2) is 50.3 Å². The number of carboxylic acid groups (broad SMARTS) is 1. The van der Waals surface area contributed by atoms with E-state index < -0.39 is 22.7 Å². The smallest absolute Gasteiger partial charge is 0.478 e. The maximum Gasteiger partial charge on any atom is 0.487 e. The number of ether oxygens (including phenoxy) is 1. The van der Waals surface area contributed by atoms with Gasteiger partial charge >= 0.3 is 11.5 Å². The second-order valence-electron chi connectivity index (χ2n) is 8.40. The molecule has 0 aromatic heterocycles. The second kappa shape index (κ2) is 12.3. The van der Waals surface area contributed by atoms with Crippen molar-refractivity contribution in [1.29, 1.82) is 0 Å². The third-order valence-electron chi connectivity index (χ3n) is 5.57. The minimum Gasteiger partial charge on any atom is -0.478 e. The summed E-state index contributed by atoms with van der Waals surface area (Å²) in [6.07, 6.45) is 0.418. The molecule has 1 saturated heterocycles. The second-order valence-corrected chi connectivity index (χ2v) is 10.0. The molecule has 202 valence electrons. The van der Waals surface area contributed by atoms with E-state index in [9.17, 15) is 23.2 Å². The maximum atomic E-state index is 13.3. The molecular formula is C27H22ClF2N3O5S. The van der Waals surface area contributed by atoms with Crippen LogP contribution in [0.5, 0.6) is 5.75 Å². The summed E-state index contributed by atoms with van der Waals surface area (Å²) in [5.41, 5.74) is -1.95. The molecule has 12 heteroatoms. The minimum absolute atomic E-state index is 0.0837. The number of halogens is 3. The number of amides is 2. The Hall–Kier alpha value is -3.96. The molecule has 2 N–H and O–H groups in total. The Morgan fingerprint density at radius 2 is 1.72 bits per heavy atom. The quantitative estimate of drug-likeness (QED) is 0.299. The molecule has 8 nitrogen and oxygen atoms in total. The molecular weight excluding hydrogens is 552 g/mol. The molecule has 1 aliphatic rings. The number of benzene rings is 3. The van der Waals surface area contributed by atoms with Crippen molar-refractivity contribution < 1.29 is 33.0 Å². The highest BCUT2D eigenvalue weighted by molar-refractivity contribution is 8.15. The van der Waals surface area contributed by atoms with E-state index in [1.165, 1.54) is 53.4 Å². The minimum atomic E-state index is -3.85. The van der Waals surface area contributed by atoms with Gasteiger partial charge in [-0.15, -0.1) is 8.78 Å². The Balaban J connectivity index is 1.49. The summed E-state index contributed by atoms with van der Waals surface area (Å²) in [6.45, 7) is 0.323. The van der Waals surface area contributed by atoms with Gasteiger partial charge in [0, 0.05) is 30.3 Å². The van der Waals surface area contributed by atoms with Crippen molar-refractivity contribution in [2.75, 3.05) is 11.9 Å². The van der Waals surface area contributed by atoms with E-state index in [-0.39, 0.29) is 23.6 Å². The van der Waals surface area contributed by atoms with Crippen LogP contribution in [0.15, 0.2) is 83.9 Å². The first-order valence-corrected chi connectivity index (χ1v) is 12.9. The molecule has 3 aromatic carbocycles. The van der Waals surface area contributed by atoms with Gasteiger partial charge in [0.15, 0.2) is 5.17 Å². The number of carbonyl (C=O) groups excluding carboxylic acids is 2. The summed E-state index contributed by atoms with van der Waals surface area (Å²) in [5.74, 6) is -1.94. The fourth-order valence-corrected chi connectivity index (χ4v) is 5.00. The first kappa shape index (κ1) is 28.1. The SMILES string of the molecule is O=C(C[C@H]1SC(=Nc2ccc(OC(F)(F)Cl)cc2)N(CCc2ccccc2)C1=O)Nc1ccc(C(=O)O)cc1. The molecule has 4 rings (SSSR count). The van der Waals surface area contributed by atoms with E-state index in [2.05, 4.69) is 15.0 Å². The molecule has 0 unspecified atom stereocenters. The van der Waals surface area contributed by atoms with E-state index in [1.807, 2.05) is 30.3 Å². The number of amidine groups is 1. The Bertz CT molecular complexity index is 1370. The predicted octanol–water partition coefficient (Wildman–Crippen LogP) is 5.76. The fraction of sp³-hybridized carbons (Fsp3) is 0.185. The third kappa shape index (κ3) is 8.01. The molecule has 3 aromatic rings. The van der Waals surface area contributed by atoms with Crippen LogP contribution in [-0.2, 0) is 16.0 Å². The zero-order chi connectivity index (χ0) is 28.0. The van der Waals surface area contributed by atoms with Gasteiger partial charge in [0.05, 0.1) is 11.3 Å². The molecule has 0 saturated carbocycles. The van der Waals surface area contributed by atoms with Gasteiger partial charge < -0.3 is 15.2 Å². The Morgan fingerprint density at radius 1 is 1.05 bits per heavy atom. The van der Waals surface area contributed by atoms with Gasteiger partial charge in [0.1, 0.15) is 11.0 Å². The monoisotopic (exact) mass is 573 g/mol. The highest BCUT2D eigenvalue weighted by Gasteiger charge is 2.39. The van der Waals surface area contributed by atoms with Crippen molar-refractivity contribution in [3.63, 3.8) is 0 Å². The number of nitrogens with one attached hydrogen (secondary N) is 1. The van der Waals surface area contributed by atoms with Gasteiger partial charge in [-0.25, -0.2) is 9.79 Å². The van der Waals surface area contributed by atoms with Gasteiger partial charge in [0.25, 0.3) is 0 Å². The highest BCUT2D eigenvalue weighted by Crippen LogP contribution is 2.33. The van der Waals surface area contributed by atoms with Crippen LogP contribution >= 0.6 is 23.4 Å². The van der Waals surface area contributed by atoms with E-state index in [0.29, 0.717) is 29.5 Å². The average molecular weight is 574 g/mol. The number of hydrogen-bond acceptors (Lipinski definition) is 6. The lowest BCUT2D eigenvalue weighted by molar-refractivity contribution is -0.128. The average Bonchev–Trinajstić information content (AvgIpc) is 3.17.